The summed E-state index contributed by atoms with van der Waals surface area (Å²) in [7, 11) is 3.26. The molecule has 0 atom stereocenters. The highest BCUT2D eigenvalue weighted by atomic mass is 16.5. The summed E-state index contributed by atoms with van der Waals surface area (Å²) in [5.41, 5.74) is 0.974. The third kappa shape index (κ3) is 1.39. The first-order chi connectivity index (χ1) is 8.19. The van der Waals surface area contributed by atoms with Gasteiger partial charge in [-0.3, -0.25) is 0 Å². The number of nitrogens with zero attached hydrogens (tertiary/aromatic N) is 2. The van der Waals surface area contributed by atoms with Gasteiger partial charge in [-0.15, -0.1) is 0 Å². The van der Waals surface area contributed by atoms with Gasteiger partial charge in [0.15, 0.2) is 5.65 Å². The molecule has 3 aromatic rings. The highest BCUT2D eigenvalue weighted by Crippen LogP contribution is 2.22. The topological polar surface area (TPSA) is 57.3 Å². The molecular weight excluding hydrogens is 220 g/mol. The van der Waals surface area contributed by atoms with E-state index in [0.29, 0.717) is 11.0 Å². The lowest BCUT2D eigenvalue weighted by molar-refractivity contribution is 0.294. The Balaban J connectivity index is 2.45. The number of methoxy groups -OCH3 is 1. The second-order valence-corrected chi connectivity index (χ2v) is 3.79. The molecule has 17 heavy (non-hydrogen) atoms. The van der Waals surface area contributed by atoms with E-state index in [2.05, 4.69) is 4.98 Å². The van der Waals surface area contributed by atoms with E-state index in [0.717, 1.165) is 16.7 Å². The summed E-state index contributed by atoms with van der Waals surface area (Å²) in [6, 6.07) is 7.30. The first-order valence-electron chi connectivity index (χ1n) is 5.14. The van der Waals surface area contributed by atoms with Gasteiger partial charge in [-0.1, -0.05) is 0 Å². The van der Waals surface area contributed by atoms with Crippen molar-refractivity contribution in [1.29, 1.82) is 0 Å². The summed E-state index contributed by atoms with van der Waals surface area (Å²) in [6.45, 7) is 0. The fourth-order valence-electron chi connectivity index (χ4n) is 1.88. The molecular formula is C12H10N2O3. The van der Waals surface area contributed by atoms with E-state index >= 15 is 0 Å². The van der Waals surface area contributed by atoms with Crippen molar-refractivity contribution in [3.05, 3.63) is 34.7 Å². The van der Waals surface area contributed by atoms with Crippen molar-refractivity contribution in [3.63, 3.8) is 0 Å². The van der Waals surface area contributed by atoms with Crippen LogP contribution in [0.5, 0.6) is 5.75 Å². The van der Waals surface area contributed by atoms with Gasteiger partial charge in [0.25, 0.3) is 0 Å². The van der Waals surface area contributed by atoms with Crippen LogP contribution >= 0.6 is 0 Å². The Morgan fingerprint density at radius 2 is 2.18 bits per heavy atom. The molecule has 0 fully saturated rings. The lowest BCUT2D eigenvalue weighted by Crippen LogP contribution is -1.92. The van der Waals surface area contributed by atoms with Crippen molar-refractivity contribution in [1.82, 2.24) is 9.72 Å². The number of aromatic nitrogens is 2. The SMILES string of the molecule is COc1ccc2nc3c(cc2c1)c(=O)on3C. The van der Waals surface area contributed by atoms with Crippen molar-refractivity contribution < 1.29 is 9.26 Å². The van der Waals surface area contributed by atoms with Crippen LogP contribution < -0.4 is 10.4 Å². The summed E-state index contributed by atoms with van der Waals surface area (Å²) < 4.78 is 11.5. The minimum absolute atomic E-state index is 0.375. The molecule has 0 spiro atoms. The highest BCUT2D eigenvalue weighted by molar-refractivity contribution is 5.91. The van der Waals surface area contributed by atoms with E-state index < -0.39 is 0 Å². The van der Waals surface area contributed by atoms with Crippen LogP contribution in [-0.4, -0.2) is 16.8 Å². The van der Waals surface area contributed by atoms with Crippen molar-refractivity contribution in [2.45, 2.75) is 0 Å². The van der Waals surface area contributed by atoms with Crippen LogP contribution in [0.3, 0.4) is 0 Å². The van der Waals surface area contributed by atoms with Gasteiger partial charge in [0.05, 0.1) is 12.6 Å². The average Bonchev–Trinajstić information content (AvgIpc) is 2.62. The Bertz CT molecular complexity index is 770. The molecule has 0 aliphatic heterocycles. The molecule has 5 nitrogen and oxygen atoms in total. The van der Waals surface area contributed by atoms with E-state index in [9.17, 15) is 4.79 Å². The molecule has 1 aromatic carbocycles. The molecule has 0 aliphatic rings. The van der Waals surface area contributed by atoms with Crippen molar-refractivity contribution >= 4 is 21.9 Å². The van der Waals surface area contributed by atoms with E-state index in [1.807, 2.05) is 18.2 Å². The quantitative estimate of drug-likeness (QED) is 0.638. The maximum atomic E-state index is 11.5. The lowest BCUT2D eigenvalue weighted by atomic mass is 10.2. The van der Waals surface area contributed by atoms with Crippen LogP contribution in [0.1, 0.15) is 0 Å². The molecule has 0 saturated carbocycles. The summed E-state index contributed by atoms with van der Waals surface area (Å²) in [5.74, 6) is 0.735. The second kappa shape index (κ2) is 3.35. The number of benzene rings is 1. The zero-order valence-corrected chi connectivity index (χ0v) is 9.43. The maximum absolute atomic E-state index is 11.5. The number of rotatable bonds is 1. The molecule has 0 N–H and O–H groups in total. The van der Waals surface area contributed by atoms with Gasteiger partial charge < -0.3 is 9.26 Å². The van der Waals surface area contributed by atoms with Crippen LogP contribution in [0, 0.1) is 0 Å². The number of aryl methyl sites for hydroxylation is 1. The predicted octanol–water partition coefficient (Wildman–Crippen LogP) is 1.69. The highest BCUT2D eigenvalue weighted by Gasteiger charge is 2.09. The summed E-state index contributed by atoms with van der Waals surface area (Å²) in [6.07, 6.45) is 0. The third-order valence-corrected chi connectivity index (χ3v) is 2.74. The van der Waals surface area contributed by atoms with E-state index in [1.165, 1.54) is 4.74 Å². The van der Waals surface area contributed by atoms with Gasteiger partial charge in [0, 0.05) is 12.4 Å². The van der Waals surface area contributed by atoms with Crippen molar-refractivity contribution in [2.75, 3.05) is 7.11 Å². The van der Waals surface area contributed by atoms with Crippen LogP contribution in [0.25, 0.3) is 21.9 Å². The zero-order chi connectivity index (χ0) is 12.0. The van der Waals surface area contributed by atoms with Gasteiger partial charge in [-0.05, 0) is 24.3 Å². The molecule has 86 valence electrons. The zero-order valence-electron chi connectivity index (χ0n) is 9.43. The van der Waals surface area contributed by atoms with Crippen LogP contribution in [-0.2, 0) is 7.05 Å². The Labute approximate surface area is 96.2 Å². The van der Waals surface area contributed by atoms with Gasteiger partial charge in [-0.2, -0.15) is 4.74 Å². The summed E-state index contributed by atoms with van der Waals surface area (Å²) >= 11 is 0. The minimum Gasteiger partial charge on any atom is -0.497 e. The Morgan fingerprint density at radius 1 is 1.35 bits per heavy atom. The summed E-state index contributed by atoms with van der Waals surface area (Å²) in [5, 5.41) is 1.34. The van der Waals surface area contributed by atoms with E-state index in [4.69, 9.17) is 9.26 Å². The lowest BCUT2D eigenvalue weighted by Gasteiger charge is -2.01. The van der Waals surface area contributed by atoms with Crippen molar-refractivity contribution in [2.24, 2.45) is 7.05 Å². The minimum atomic E-state index is -0.375. The number of hydrogen-bond donors (Lipinski definition) is 0. The van der Waals surface area contributed by atoms with Crippen molar-refractivity contribution in [3.8, 4) is 5.75 Å². The molecule has 0 saturated heterocycles. The first-order valence-corrected chi connectivity index (χ1v) is 5.14. The first kappa shape index (κ1) is 9.89. The normalized spacial score (nSPS) is 11.2. The molecule has 0 amide bonds. The largest absolute Gasteiger partial charge is 0.497 e. The van der Waals surface area contributed by atoms with Crippen LogP contribution in [0.4, 0.5) is 0 Å². The molecule has 0 bridgehead atoms. The van der Waals surface area contributed by atoms with Gasteiger partial charge in [0.2, 0.25) is 0 Å². The number of hydrogen-bond acceptors (Lipinski definition) is 4. The monoisotopic (exact) mass is 230 g/mol. The molecule has 2 heterocycles. The molecule has 0 unspecified atom stereocenters. The molecule has 3 rings (SSSR count). The smallest absolute Gasteiger partial charge is 0.367 e. The molecule has 0 radical (unpaired) electrons. The maximum Gasteiger partial charge on any atom is 0.367 e. The molecule has 2 aromatic heterocycles. The van der Waals surface area contributed by atoms with Crippen LogP contribution in [0.15, 0.2) is 33.6 Å². The second-order valence-electron chi connectivity index (χ2n) is 3.79. The number of ether oxygens (including phenoxy) is 1. The van der Waals surface area contributed by atoms with Crippen LogP contribution in [0.2, 0.25) is 0 Å². The standard InChI is InChI=1S/C12H10N2O3/c1-14-11-9(12(15)17-14)6-7-5-8(16-2)3-4-10(7)13-11/h3-6H,1-2H3. The Morgan fingerprint density at radius 3 is 2.94 bits per heavy atom. The van der Waals surface area contributed by atoms with E-state index in [1.54, 1.807) is 20.2 Å². The predicted molar refractivity (Wildman–Crippen MR) is 63.3 cm³/mol. The number of fused-ring (bicyclic) bond motifs is 2. The average molecular weight is 230 g/mol. The third-order valence-electron chi connectivity index (χ3n) is 2.74. The van der Waals surface area contributed by atoms with Gasteiger partial charge in [-0.25, -0.2) is 9.78 Å². The van der Waals surface area contributed by atoms with Gasteiger partial charge >= 0.3 is 5.63 Å². The Hall–Kier alpha value is -2.30. The number of pyridine rings is 1. The summed E-state index contributed by atoms with van der Waals surface area (Å²) in [4.78, 5) is 15.9. The van der Waals surface area contributed by atoms with Gasteiger partial charge in [0.1, 0.15) is 11.1 Å². The molecule has 0 aliphatic carbocycles. The fourth-order valence-corrected chi connectivity index (χ4v) is 1.88. The fraction of sp³-hybridized carbons (Fsp3) is 0.167. The molecule has 5 heteroatoms. The van der Waals surface area contributed by atoms with E-state index in [-0.39, 0.29) is 5.63 Å². The Kier molecular flexibility index (Phi) is 1.95.